The van der Waals surface area contributed by atoms with Gasteiger partial charge in [0.15, 0.2) is 0 Å². The Labute approximate surface area is 83.0 Å². The lowest BCUT2D eigenvalue weighted by molar-refractivity contribution is 0.0279. The summed E-state index contributed by atoms with van der Waals surface area (Å²) >= 11 is 0. The summed E-state index contributed by atoms with van der Waals surface area (Å²) in [6.45, 7) is 3.52. The minimum Gasteiger partial charge on any atom is -0.442 e. The molecule has 0 aromatic rings. The van der Waals surface area contributed by atoms with Crippen LogP contribution in [0.25, 0.3) is 0 Å². The average Bonchev–Trinajstić information content (AvgIpc) is 2.02. The van der Waals surface area contributed by atoms with Crippen LogP contribution in [0.15, 0.2) is 0 Å². The van der Waals surface area contributed by atoms with Gasteiger partial charge in [-0.2, -0.15) is 0 Å². The molecule has 0 heterocycles. The Hall–Kier alpha value is -1.70. The van der Waals surface area contributed by atoms with Crippen molar-refractivity contribution in [2.45, 2.75) is 32.3 Å². The summed E-state index contributed by atoms with van der Waals surface area (Å²) in [6.07, 6.45) is 5.08. The zero-order valence-corrected chi connectivity index (χ0v) is 8.29. The van der Waals surface area contributed by atoms with E-state index in [1.807, 2.05) is 6.92 Å². The number of hydrogen-bond donors (Lipinski definition) is 2. The first-order chi connectivity index (χ1) is 6.43. The Bertz CT molecular complexity index is 270. The lowest BCUT2D eigenvalue weighted by Crippen LogP contribution is -2.41. The zero-order chi connectivity index (χ0) is 11.2. The lowest BCUT2D eigenvalue weighted by atomic mass is 10.00. The zero-order valence-electron chi connectivity index (χ0n) is 8.29. The van der Waals surface area contributed by atoms with Crippen LogP contribution in [-0.2, 0) is 4.74 Å². The van der Waals surface area contributed by atoms with Crippen LogP contribution in [0.4, 0.5) is 9.59 Å². The molecule has 0 bridgehead atoms. The number of alkyl carbamates (subject to hydrolysis) is 1. The van der Waals surface area contributed by atoms with Crippen LogP contribution in [0.3, 0.4) is 0 Å². The van der Waals surface area contributed by atoms with Gasteiger partial charge in [0, 0.05) is 6.42 Å². The van der Waals surface area contributed by atoms with Crippen LogP contribution < -0.4 is 11.1 Å². The second-order valence-electron chi connectivity index (χ2n) is 3.06. The van der Waals surface area contributed by atoms with Crippen molar-refractivity contribution in [2.75, 3.05) is 0 Å². The molecule has 1 atom stereocenters. The maximum atomic E-state index is 11.0. The molecule has 3 amide bonds. The van der Waals surface area contributed by atoms with Crippen molar-refractivity contribution in [1.82, 2.24) is 5.32 Å². The number of primary amides is 1. The Morgan fingerprint density at radius 1 is 1.64 bits per heavy atom. The number of hydrogen-bond acceptors (Lipinski definition) is 3. The summed E-state index contributed by atoms with van der Waals surface area (Å²) < 4.78 is 4.94. The van der Waals surface area contributed by atoms with Crippen LogP contribution >= 0.6 is 0 Å². The minimum absolute atomic E-state index is 0.287. The molecular weight excluding hydrogens is 184 g/mol. The van der Waals surface area contributed by atoms with E-state index in [-0.39, 0.29) is 6.42 Å². The summed E-state index contributed by atoms with van der Waals surface area (Å²) in [7, 11) is 0. The number of amides is 3. The molecule has 5 heteroatoms. The predicted octanol–water partition coefficient (Wildman–Crippen LogP) is 0.983. The molecule has 3 N–H and O–H groups in total. The Kier molecular flexibility index (Phi) is 4.50. The van der Waals surface area contributed by atoms with E-state index in [9.17, 15) is 9.59 Å². The van der Waals surface area contributed by atoms with E-state index in [4.69, 9.17) is 16.9 Å². The number of carbonyl (C=O) groups excluding carboxylic acids is 2. The van der Waals surface area contributed by atoms with E-state index >= 15 is 0 Å². The molecule has 0 spiro atoms. The summed E-state index contributed by atoms with van der Waals surface area (Å²) in [6, 6.07) is -0.950. The van der Waals surface area contributed by atoms with Gasteiger partial charge in [0.1, 0.15) is 5.60 Å². The van der Waals surface area contributed by atoms with Crippen LogP contribution in [0.1, 0.15) is 26.7 Å². The quantitative estimate of drug-likeness (QED) is 0.663. The standard InChI is InChI=1S/C9H14N2O3/c1-4-6-9(3,5-2)14-8(13)11-7(10)12/h1H,5-6H2,2-3H3,(H3,10,11,12,13). The summed E-state index contributed by atoms with van der Waals surface area (Å²) in [5.41, 5.74) is 3.98. The Morgan fingerprint density at radius 2 is 2.21 bits per heavy atom. The van der Waals surface area contributed by atoms with Crippen LogP contribution in [-0.4, -0.2) is 17.7 Å². The third-order valence-electron chi connectivity index (χ3n) is 1.79. The Morgan fingerprint density at radius 3 is 2.57 bits per heavy atom. The van der Waals surface area contributed by atoms with Crippen molar-refractivity contribution in [2.24, 2.45) is 5.73 Å². The van der Waals surface area contributed by atoms with E-state index in [1.165, 1.54) is 0 Å². The number of nitrogens with two attached hydrogens (primary N) is 1. The number of terminal acetylenes is 1. The molecule has 0 fully saturated rings. The van der Waals surface area contributed by atoms with E-state index in [1.54, 1.807) is 12.2 Å². The van der Waals surface area contributed by atoms with Gasteiger partial charge in [-0.15, -0.1) is 12.3 Å². The SMILES string of the molecule is C#CCC(C)(CC)OC(=O)NC(N)=O. The van der Waals surface area contributed by atoms with Crippen molar-refractivity contribution in [3.63, 3.8) is 0 Å². The monoisotopic (exact) mass is 198 g/mol. The molecule has 0 rings (SSSR count). The number of urea groups is 1. The molecule has 0 aromatic heterocycles. The second kappa shape index (κ2) is 5.12. The van der Waals surface area contributed by atoms with Gasteiger partial charge in [-0.05, 0) is 13.3 Å². The molecule has 78 valence electrons. The molecule has 0 aromatic carbocycles. The van der Waals surface area contributed by atoms with Gasteiger partial charge in [0.2, 0.25) is 0 Å². The molecule has 5 nitrogen and oxygen atoms in total. The highest BCUT2D eigenvalue weighted by molar-refractivity contribution is 5.89. The number of rotatable bonds is 3. The van der Waals surface area contributed by atoms with E-state index in [0.29, 0.717) is 6.42 Å². The van der Waals surface area contributed by atoms with Crippen LogP contribution in [0.5, 0.6) is 0 Å². The molecular formula is C9H14N2O3. The fourth-order valence-electron chi connectivity index (χ4n) is 0.799. The summed E-state index contributed by atoms with van der Waals surface area (Å²) in [5.74, 6) is 2.40. The van der Waals surface area contributed by atoms with E-state index < -0.39 is 17.7 Å². The first-order valence-corrected chi connectivity index (χ1v) is 4.16. The van der Waals surface area contributed by atoms with Crippen molar-refractivity contribution in [3.8, 4) is 12.3 Å². The molecule has 0 saturated heterocycles. The second-order valence-corrected chi connectivity index (χ2v) is 3.06. The lowest BCUT2D eigenvalue weighted by Gasteiger charge is -2.25. The van der Waals surface area contributed by atoms with Gasteiger partial charge >= 0.3 is 12.1 Å². The first-order valence-electron chi connectivity index (χ1n) is 4.16. The number of carbonyl (C=O) groups is 2. The highest BCUT2D eigenvalue weighted by Crippen LogP contribution is 2.19. The van der Waals surface area contributed by atoms with Gasteiger partial charge in [-0.1, -0.05) is 6.92 Å². The average molecular weight is 198 g/mol. The topological polar surface area (TPSA) is 81.4 Å². The largest absolute Gasteiger partial charge is 0.442 e. The summed E-state index contributed by atoms with van der Waals surface area (Å²) in [5, 5.41) is 1.80. The third kappa shape index (κ3) is 4.36. The van der Waals surface area contributed by atoms with Crippen molar-refractivity contribution in [3.05, 3.63) is 0 Å². The predicted molar refractivity (Wildman–Crippen MR) is 51.3 cm³/mol. The molecule has 14 heavy (non-hydrogen) atoms. The normalized spacial score (nSPS) is 13.5. The summed E-state index contributed by atoms with van der Waals surface area (Å²) in [4.78, 5) is 21.3. The minimum atomic E-state index is -0.950. The van der Waals surface area contributed by atoms with Crippen molar-refractivity contribution >= 4 is 12.1 Å². The molecule has 0 aliphatic carbocycles. The van der Waals surface area contributed by atoms with Gasteiger partial charge in [-0.25, -0.2) is 14.9 Å². The molecule has 1 unspecified atom stereocenters. The highest BCUT2D eigenvalue weighted by Gasteiger charge is 2.26. The third-order valence-corrected chi connectivity index (χ3v) is 1.79. The fourth-order valence-corrected chi connectivity index (χ4v) is 0.799. The number of nitrogens with one attached hydrogen (secondary N) is 1. The molecule has 0 aliphatic rings. The maximum Gasteiger partial charge on any atom is 0.415 e. The first kappa shape index (κ1) is 12.3. The molecule has 0 saturated carbocycles. The Balaban J connectivity index is 4.25. The van der Waals surface area contributed by atoms with Gasteiger partial charge in [0.25, 0.3) is 0 Å². The smallest absolute Gasteiger partial charge is 0.415 e. The fraction of sp³-hybridized carbons (Fsp3) is 0.556. The van der Waals surface area contributed by atoms with Gasteiger partial charge in [-0.3, -0.25) is 0 Å². The van der Waals surface area contributed by atoms with Gasteiger partial charge in [0.05, 0.1) is 0 Å². The highest BCUT2D eigenvalue weighted by atomic mass is 16.6. The van der Waals surface area contributed by atoms with Crippen LogP contribution in [0.2, 0.25) is 0 Å². The maximum absolute atomic E-state index is 11.0. The number of ether oxygens (including phenoxy) is 1. The van der Waals surface area contributed by atoms with Crippen LogP contribution in [0, 0.1) is 12.3 Å². The van der Waals surface area contributed by atoms with E-state index in [0.717, 1.165) is 0 Å². The van der Waals surface area contributed by atoms with Crippen molar-refractivity contribution < 1.29 is 14.3 Å². The van der Waals surface area contributed by atoms with Crippen molar-refractivity contribution in [1.29, 1.82) is 0 Å². The van der Waals surface area contributed by atoms with E-state index in [2.05, 4.69) is 5.92 Å². The van der Waals surface area contributed by atoms with Gasteiger partial charge < -0.3 is 10.5 Å². The molecule has 0 aliphatic heterocycles. The molecule has 0 radical (unpaired) electrons. The number of imide groups is 1.